The Balaban J connectivity index is 1.45. The third kappa shape index (κ3) is 3.94. The predicted octanol–water partition coefficient (Wildman–Crippen LogP) is 6.82. The van der Waals surface area contributed by atoms with Crippen molar-refractivity contribution >= 4 is 33.2 Å². The molecule has 5 nitrogen and oxygen atoms in total. The van der Waals surface area contributed by atoms with Gasteiger partial charge in [-0.1, -0.05) is 12.1 Å². The minimum Gasteiger partial charge on any atom is -0.338 e. The zero-order valence-corrected chi connectivity index (χ0v) is 17.6. The van der Waals surface area contributed by atoms with Crippen LogP contribution in [0.25, 0.3) is 33.7 Å². The molecule has 0 aliphatic heterocycles. The maximum absolute atomic E-state index is 13.1. The van der Waals surface area contributed by atoms with Crippen molar-refractivity contribution in [2.24, 2.45) is 0 Å². The van der Waals surface area contributed by atoms with Crippen molar-refractivity contribution < 1.29 is 13.2 Å². The lowest BCUT2D eigenvalue weighted by atomic mass is 10.1. The Morgan fingerprint density at radius 3 is 2.56 bits per heavy atom. The van der Waals surface area contributed by atoms with Crippen molar-refractivity contribution in [1.29, 1.82) is 0 Å². The van der Waals surface area contributed by atoms with Gasteiger partial charge in [-0.2, -0.15) is 13.2 Å². The van der Waals surface area contributed by atoms with Crippen LogP contribution >= 0.6 is 11.3 Å². The Kier molecular flexibility index (Phi) is 4.90. The normalized spacial score (nSPS) is 11.8. The summed E-state index contributed by atoms with van der Waals surface area (Å²) in [5.41, 5.74) is 4.69. The van der Waals surface area contributed by atoms with E-state index in [4.69, 9.17) is 0 Å². The molecule has 0 radical (unpaired) electrons. The maximum atomic E-state index is 13.1. The first kappa shape index (κ1) is 20.2. The van der Waals surface area contributed by atoms with Crippen molar-refractivity contribution in [1.82, 2.24) is 19.9 Å². The SMILES string of the molecule is Cc1cc2nc(-c3cccc(C(F)(F)F)c3)[nH]c2cc1Nc1nc(-c2ccncc2)cs1. The van der Waals surface area contributed by atoms with Gasteiger partial charge in [-0.3, -0.25) is 4.98 Å². The number of aromatic amines is 1. The summed E-state index contributed by atoms with van der Waals surface area (Å²) in [5.74, 6) is 0.386. The number of aryl methyl sites for hydroxylation is 1. The van der Waals surface area contributed by atoms with Gasteiger partial charge in [0.2, 0.25) is 0 Å². The molecule has 0 unspecified atom stereocenters. The van der Waals surface area contributed by atoms with E-state index in [1.54, 1.807) is 18.5 Å². The van der Waals surface area contributed by atoms with Crippen LogP contribution in [0.1, 0.15) is 11.1 Å². The summed E-state index contributed by atoms with van der Waals surface area (Å²) in [6, 6.07) is 12.7. The van der Waals surface area contributed by atoms with E-state index in [0.29, 0.717) is 16.9 Å². The van der Waals surface area contributed by atoms with Crippen LogP contribution < -0.4 is 5.32 Å². The van der Waals surface area contributed by atoms with Crippen molar-refractivity contribution in [3.63, 3.8) is 0 Å². The number of hydrogen-bond acceptors (Lipinski definition) is 5. The molecular formula is C23H16F3N5S. The van der Waals surface area contributed by atoms with E-state index in [1.165, 1.54) is 17.4 Å². The van der Waals surface area contributed by atoms with E-state index in [9.17, 15) is 13.2 Å². The number of anilines is 2. The average Bonchev–Trinajstić information content (AvgIpc) is 3.41. The van der Waals surface area contributed by atoms with Crippen LogP contribution in [-0.4, -0.2) is 19.9 Å². The molecule has 0 fully saturated rings. The van der Waals surface area contributed by atoms with Gasteiger partial charge < -0.3 is 10.3 Å². The maximum Gasteiger partial charge on any atom is 0.416 e. The molecule has 0 saturated heterocycles. The summed E-state index contributed by atoms with van der Waals surface area (Å²) in [4.78, 5) is 16.3. The highest BCUT2D eigenvalue weighted by Crippen LogP contribution is 2.33. The van der Waals surface area contributed by atoms with Crippen molar-refractivity contribution in [3.8, 4) is 22.6 Å². The van der Waals surface area contributed by atoms with Crippen molar-refractivity contribution in [3.05, 3.63) is 77.4 Å². The number of fused-ring (bicyclic) bond motifs is 1. The van der Waals surface area contributed by atoms with E-state index in [-0.39, 0.29) is 0 Å². The summed E-state index contributed by atoms with van der Waals surface area (Å²) in [6.07, 6.45) is -0.960. The van der Waals surface area contributed by atoms with Crippen LogP contribution in [0.3, 0.4) is 0 Å². The number of alkyl halides is 3. The van der Waals surface area contributed by atoms with Gasteiger partial charge in [0.05, 0.1) is 22.3 Å². The second-order valence-corrected chi connectivity index (χ2v) is 8.11. The number of halogens is 3. The summed E-state index contributed by atoms with van der Waals surface area (Å²) >= 11 is 1.48. The minimum atomic E-state index is -4.40. The number of nitrogens with one attached hydrogen (secondary N) is 2. The molecule has 0 amide bonds. The molecule has 3 aromatic heterocycles. The first-order valence-corrected chi connectivity index (χ1v) is 10.6. The Bertz CT molecular complexity index is 1410. The lowest BCUT2D eigenvalue weighted by Gasteiger charge is -2.07. The Morgan fingerprint density at radius 1 is 0.969 bits per heavy atom. The smallest absolute Gasteiger partial charge is 0.338 e. The van der Waals surface area contributed by atoms with E-state index in [2.05, 4.69) is 25.3 Å². The Labute approximate surface area is 185 Å². The Morgan fingerprint density at radius 2 is 1.78 bits per heavy atom. The first-order valence-electron chi connectivity index (χ1n) is 9.68. The average molecular weight is 451 g/mol. The Hall–Kier alpha value is -3.72. The number of H-pyrrole nitrogens is 1. The van der Waals surface area contributed by atoms with Gasteiger partial charge in [0, 0.05) is 34.6 Å². The number of nitrogens with zero attached hydrogens (tertiary/aromatic N) is 3. The molecule has 9 heteroatoms. The van der Waals surface area contributed by atoms with Crippen LogP contribution in [0, 0.1) is 6.92 Å². The number of thiazole rings is 1. The quantitative estimate of drug-likeness (QED) is 0.315. The molecule has 160 valence electrons. The van der Waals surface area contributed by atoms with Gasteiger partial charge in [0.1, 0.15) is 5.82 Å². The zero-order valence-electron chi connectivity index (χ0n) is 16.7. The standard InChI is InChI=1S/C23H16F3N5S/c1-13-9-18-19(29-21(28-18)15-3-2-4-16(10-15)23(24,25)26)11-17(13)30-22-31-20(12-32-22)14-5-7-27-8-6-14/h2-12H,1H3,(H,28,29)(H,30,31). The number of rotatable bonds is 4. The van der Waals surface area contributed by atoms with Crippen LogP contribution in [0.2, 0.25) is 0 Å². The third-order valence-corrected chi connectivity index (χ3v) is 5.77. The van der Waals surface area contributed by atoms with Crippen LogP contribution in [0.15, 0.2) is 66.3 Å². The number of aromatic nitrogens is 4. The van der Waals surface area contributed by atoms with E-state index >= 15 is 0 Å². The fraction of sp³-hybridized carbons (Fsp3) is 0.0870. The third-order valence-electron chi connectivity index (χ3n) is 5.01. The number of benzene rings is 2. The molecule has 2 N–H and O–H groups in total. The van der Waals surface area contributed by atoms with Gasteiger partial charge in [0.15, 0.2) is 5.13 Å². The molecule has 3 heterocycles. The highest BCUT2D eigenvalue weighted by atomic mass is 32.1. The molecule has 0 spiro atoms. The summed E-state index contributed by atoms with van der Waals surface area (Å²) in [5, 5.41) is 6.03. The molecule has 5 aromatic rings. The van der Waals surface area contributed by atoms with Crippen LogP contribution in [0.5, 0.6) is 0 Å². The van der Waals surface area contributed by atoms with Crippen LogP contribution in [0.4, 0.5) is 24.0 Å². The largest absolute Gasteiger partial charge is 0.416 e. The second kappa shape index (κ2) is 7.76. The number of imidazole rings is 1. The zero-order chi connectivity index (χ0) is 22.3. The fourth-order valence-electron chi connectivity index (χ4n) is 3.38. The molecule has 0 bridgehead atoms. The van der Waals surface area contributed by atoms with Gasteiger partial charge >= 0.3 is 6.18 Å². The summed E-state index contributed by atoms with van der Waals surface area (Å²) in [7, 11) is 0. The highest BCUT2D eigenvalue weighted by Gasteiger charge is 2.30. The molecule has 32 heavy (non-hydrogen) atoms. The lowest BCUT2D eigenvalue weighted by Crippen LogP contribution is -2.04. The molecule has 5 rings (SSSR count). The molecule has 2 aromatic carbocycles. The molecular weight excluding hydrogens is 435 g/mol. The lowest BCUT2D eigenvalue weighted by molar-refractivity contribution is -0.137. The predicted molar refractivity (Wildman–Crippen MR) is 120 cm³/mol. The van der Waals surface area contributed by atoms with Gasteiger partial charge in [-0.25, -0.2) is 9.97 Å². The second-order valence-electron chi connectivity index (χ2n) is 7.25. The summed E-state index contributed by atoms with van der Waals surface area (Å²) < 4.78 is 39.2. The summed E-state index contributed by atoms with van der Waals surface area (Å²) in [6.45, 7) is 1.94. The fourth-order valence-corrected chi connectivity index (χ4v) is 4.11. The highest BCUT2D eigenvalue weighted by molar-refractivity contribution is 7.14. The minimum absolute atomic E-state index is 0.380. The molecule has 0 aliphatic carbocycles. The van der Waals surface area contributed by atoms with E-state index < -0.39 is 11.7 Å². The first-order chi connectivity index (χ1) is 15.4. The number of hydrogen-bond donors (Lipinski definition) is 2. The number of pyridine rings is 1. The topological polar surface area (TPSA) is 66.5 Å². The van der Waals surface area contributed by atoms with Crippen molar-refractivity contribution in [2.75, 3.05) is 5.32 Å². The van der Waals surface area contributed by atoms with E-state index in [1.807, 2.05) is 36.6 Å². The van der Waals surface area contributed by atoms with Crippen LogP contribution in [-0.2, 0) is 6.18 Å². The molecule has 0 atom stereocenters. The van der Waals surface area contributed by atoms with Gasteiger partial charge in [0.25, 0.3) is 0 Å². The molecule has 0 aliphatic rings. The van der Waals surface area contributed by atoms with Crippen molar-refractivity contribution in [2.45, 2.75) is 13.1 Å². The van der Waals surface area contributed by atoms with Gasteiger partial charge in [-0.15, -0.1) is 11.3 Å². The molecule has 0 saturated carbocycles. The van der Waals surface area contributed by atoms with E-state index in [0.717, 1.165) is 45.3 Å². The monoisotopic (exact) mass is 451 g/mol. The van der Waals surface area contributed by atoms with Gasteiger partial charge in [-0.05, 0) is 48.9 Å².